The quantitative estimate of drug-likeness (QED) is 0.725. The predicted molar refractivity (Wildman–Crippen MR) is 58.3 cm³/mol. The van der Waals surface area contributed by atoms with Crippen molar-refractivity contribution in [2.45, 2.75) is 17.9 Å². The van der Waals surface area contributed by atoms with Crippen LogP contribution < -0.4 is 0 Å². The lowest BCUT2D eigenvalue weighted by Crippen LogP contribution is -2.30. The lowest BCUT2D eigenvalue weighted by Gasteiger charge is -2.20. The Labute approximate surface area is 95.6 Å². The van der Waals surface area contributed by atoms with Crippen LogP contribution in [0.3, 0.4) is 0 Å². The van der Waals surface area contributed by atoms with E-state index >= 15 is 0 Å². The van der Waals surface area contributed by atoms with E-state index in [0.29, 0.717) is 11.5 Å². The van der Waals surface area contributed by atoms with E-state index in [1.807, 2.05) is 0 Å². The van der Waals surface area contributed by atoms with Crippen molar-refractivity contribution in [2.75, 3.05) is 11.5 Å². The molecule has 1 aliphatic heterocycles. The number of nitrogens with zero attached hydrogens (tertiary/aromatic N) is 2. The molecular formula is C9H12N2O2S2. The molecule has 1 aliphatic rings. The fraction of sp³-hybridized carbons (Fsp3) is 0.778. The average Bonchev–Trinajstić information content (AvgIpc) is 2.55. The molecule has 0 aromatic carbocycles. The van der Waals surface area contributed by atoms with Gasteiger partial charge in [0.2, 0.25) is 0 Å². The molecule has 0 aromatic heterocycles. The van der Waals surface area contributed by atoms with Crippen molar-refractivity contribution < 1.29 is 9.79 Å². The van der Waals surface area contributed by atoms with E-state index in [-0.39, 0.29) is 0 Å². The largest absolute Gasteiger partial charge is 0.258 e. The molecule has 82 valence electrons. The minimum absolute atomic E-state index is 0.337. The van der Waals surface area contributed by atoms with Crippen molar-refractivity contribution in [2.24, 2.45) is 11.8 Å². The minimum Gasteiger partial charge on any atom is -0.258 e. The highest BCUT2D eigenvalue weighted by molar-refractivity contribution is 8.06. The monoisotopic (exact) mass is 245 g/mol. The topological polar surface area (TPSA) is 81.7 Å². The van der Waals surface area contributed by atoms with E-state index in [9.17, 15) is 8.42 Å². The Bertz CT molecular complexity index is 369. The number of hydrogen-bond donors (Lipinski definition) is 0. The molecule has 2 unspecified atom stereocenters. The summed E-state index contributed by atoms with van der Waals surface area (Å²) in [5.74, 6) is -1.03. The van der Waals surface area contributed by atoms with Crippen molar-refractivity contribution in [1.29, 1.82) is 10.5 Å². The Morgan fingerprint density at radius 2 is 1.87 bits per heavy atom. The highest BCUT2D eigenvalue weighted by Gasteiger charge is 2.40. The molecule has 0 N–H and O–H groups in total. The molecule has 0 bridgehead atoms. The Hall–Kier alpha value is -0.720. The van der Waals surface area contributed by atoms with E-state index in [1.165, 1.54) is 0 Å². The van der Waals surface area contributed by atoms with Crippen LogP contribution in [0.1, 0.15) is 14.7 Å². The van der Waals surface area contributed by atoms with Gasteiger partial charge in [-0.05, 0) is 6.40 Å². The van der Waals surface area contributed by atoms with Crippen molar-refractivity contribution in [3.63, 3.8) is 0 Å². The van der Waals surface area contributed by atoms with Gasteiger partial charge in [0.05, 0.1) is 12.1 Å². The number of hydrogen-bond acceptors (Lipinski definition) is 4. The molecular weight excluding hydrogens is 232 g/mol. The van der Waals surface area contributed by atoms with E-state index in [2.05, 4.69) is 0 Å². The second-order valence-corrected chi connectivity index (χ2v) is 6.84. The maximum absolute atomic E-state index is 11.7. The molecule has 6 heteroatoms. The zero-order valence-corrected chi connectivity index (χ0v) is 9.88. The zero-order valence-electron chi connectivity index (χ0n) is 9.25. The van der Waals surface area contributed by atoms with Gasteiger partial charge in [-0.3, -0.25) is 8.42 Å². The first kappa shape index (κ1) is 10.8. The first-order valence-electron chi connectivity index (χ1n) is 5.06. The molecule has 0 aromatic rings. The summed E-state index contributed by atoms with van der Waals surface area (Å²) in [7, 11) is -2.58. The third-order valence-corrected chi connectivity index (χ3v) is 6.79. The van der Waals surface area contributed by atoms with Gasteiger partial charge in [0, 0.05) is 40.4 Å². The second-order valence-electron chi connectivity index (χ2n) is 3.18. The SMILES string of the molecule is [2H]C(C)C(C(C#N)C#N)C1[S@@](=O)CC[S@@]1=O. The third kappa shape index (κ3) is 2.45. The van der Waals surface area contributed by atoms with E-state index < -0.39 is 44.4 Å². The highest BCUT2D eigenvalue weighted by atomic mass is 32.3. The molecule has 15 heavy (non-hydrogen) atoms. The van der Waals surface area contributed by atoms with Crippen molar-refractivity contribution in [3.05, 3.63) is 0 Å². The molecule has 0 amide bonds. The first-order chi connectivity index (χ1) is 7.52. The van der Waals surface area contributed by atoms with Crippen LogP contribution in [0.5, 0.6) is 0 Å². The molecule has 1 fully saturated rings. The number of nitriles is 2. The average molecular weight is 245 g/mol. The van der Waals surface area contributed by atoms with Gasteiger partial charge in [-0.2, -0.15) is 10.5 Å². The first-order valence-corrected chi connectivity index (χ1v) is 7.25. The van der Waals surface area contributed by atoms with E-state index in [1.54, 1.807) is 19.1 Å². The van der Waals surface area contributed by atoms with Crippen LogP contribution >= 0.6 is 0 Å². The molecule has 1 rings (SSSR count). The summed E-state index contributed by atoms with van der Waals surface area (Å²) in [6, 6.07) is 3.60. The summed E-state index contributed by atoms with van der Waals surface area (Å²) >= 11 is 0. The summed E-state index contributed by atoms with van der Waals surface area (Å²) in [5.41, 5.74) is 0. The van der Waals surface area contributed by atoms with Gasteiger partial charge in [-0.1, -0.05) is 6.92 Å². The molecule has 1 heterocycles. The Morgan fingerprint density at radius 1 is 1.40 bits per heavy atom. The van der Waals surface area contributed by atoms with Crippen molar-refractivity contribution >= 4 is 21.6 Å². The number of rotatable bonds is 3. The maximum atomic E-state index is 11.7. The van der Waals surface area contributed by atoms with Crippen LogP contribution in [-0.4, -0.2) is 24.5 Å². The summed E-state index contributed by atoms with van der Waals surface area (Å²) in [6.45, 7) is 1.54. The van der Waals surface area contributed by atoms with Crippen LogP contribution in [0.25, 0.3) is 0 Å². The molecule has 0 aliphatic carbocycles. The van der Waals surface area contributed by atoms with Gasteiger partial charge in [-0.25, -0.2) is 0 Å². The van der Waals surface area contributed by atoms with Crippen LogP contribution in [0.4, 0.5) is 0 Å². The minimum atomic E-state index is -1.29. The molecule has 4 nitrogen and oxygen atoms in total. The predicted octanol–water partition coefficient (Wildman–Crippen LogP) is 0.513. The standard InChI is InChI=1S/C9H12N2O2S2/c1-2-8(7(5-10)6-11)9-14(12)3-4-15(9)13/h7-9H,2-4H2,1H3/t8?,14-,15-/m0/s1/i2D/t2?,8?,14-,15-. The maximum Gasteiger partial charge on any atom is 0.138 e. The zero-order chi connectivity index (χ0) is 12.3. The van der Waals surface area contributed by atoms with Gasteiger partial charge < -0.3 is 0 Å². The van der Waals surface area contributed by atoms with E-state index in [0.717, 1.165) is 0 Å². The lowest BCUT2D eigenvalue weighted by atomic mass is 9.94. The lowest BCUT2D eigenvalue weighted by molar-refractivity contribution is 0.480. The normalized spacial score (nSPS) is 31.6. The van der Waals surface area contributed by atoms with Gasteiger partial charge >= 0.3 is 0 Å². The Kier molecular flexibility index (Phi) is 3.87. The Balaban J connectivity index is 3.04. The fourth-order valence-corrected chi connectivity index (χ4v) is 6.22. The van der Waals surface area contributed by atoms with Gasteiger partial charge in [0.25, 0.3) is 0 Å². The molecule has 0 saturated carbocycles. The van der Waals surface area contributed by atoms with Crippen LogP contribution in [0.15, 0.2) is 0 Å². The molecule has 0 radical (unpaired) electrons. The third-order valence-electron chi connectivity index (χ3n) is 2.37. The fourth-order valence-electron chi connectivity index (χ4n) is 1.57. The van der Waals surface area contributed by atoms with Crippen molar-refractivity contribution in [1.82, 2.24) is 0 Å². The van der Waals surface area contributed by atoms with Crippen molar-refractivity contribution in [3.8, 4) is 12.1 Å². The molecule has 4 atom stereocenters. The summed E-state index contributed by atoms with van der Waals surface area (Å²) in [5, 5.41) is 17.6. The summed E-state index contributed by atoms with van der Waals surface area (Å²) in [4.78, 5) is 0. The van der Waals surface area contributed by atoms with Gasteiger partial charge in [0.1, 0.15) is 10.5 Å². The molecule has 1 saturated heterocycles. The van der Waals surface area contributed by atoms with Crippen LogP contribution in [0, 0.1) is 34.5 Å². The smallest absolute Gasteiger partial charge is 0.138 e. The van der Waals surface area contributed by atoms with Gasteiger partial charge in [-0.15, -0.1) is 0 Å². The van der Waals surface area contributed by atoms with Crippen LogP contribution in [0.2, 0.25) is 0 Å². The van der Waals surface area contributed by atoms with Crippen LogP contribution in [-0.2, 0) is 21.6 Å². The highest BCUT2D eigenvalue weighted by Crippen LogP contribution is 2.29. The molecule has 0 spiro atoms. The summed E-state index contributed by atoms with van der Waals surface area (Å²) < 4.78 is 30.3. The van der Waals surface area contributed by atoms with E-state index in [4.69, 9.17) is 11.9 Å². The summed E-state index contributed by atoms with van der Waals surface area (Å²) in [6.07, 6.45) is -0.722. The Morgan fingerprint density at radius 3 is 2.20 bits per heavy atom. The van der Waals surface area contributed by atoms with Gasteiger partial charge in [0.15, 0.2) is 0 Å². The second kappa shape index (κ2) is 5.39.